The fourth-order valence-electron chi connectivity index (χ4n) is 1.89. The van der Waals surface area contributed by atoms with Gasteiger partial charge in [-0.25, -0.2) is 4.39 Å². The molecule has 0 unspecified atom stereocenters. The lowest BCUT2D eigenvalue weighted by Crippen LogP contribution is -2.07. The van der Waals surface area contributed by atoms with Gasteiger partial charge in [0.1, 0.15) is 5.82 Å². The van der Waals surface area contributed by atoms with Gasteiger partial charge in [-0.1, -0.05) is 0 Å². The van der Waals surface area contributed by atoms with Gasteiger partial charge in [-0.3, -0.25) is 4.79 Å². The standard InChI is InChI=1S/C15H13BrFNO3/c1-20-13-6-9(11(16)7-14(13)21-2)15(19)10-5-8(18)3-4-12(10)17/h3-7H,18H2,1-2H3. The van der Waals surface area contributed by atoms with Crippen molar-refractivity contribution in [3.05, 3.63) is 51.7 Å². The van der Waals surface area contributed by atoms with Gasteiger partial charge in [0.25, 0.3) is 0 Å². The van der Waals surface area contributed by atoms with Crippen LogP contribution in [0, 0.1) is 5.82 Å². The number of ether oxygens (including phenoxy) is 2. The molecule has 4 nitrogen and oxygen atoms in total. The number of hydrogen-bond acceptors (Lipinski definition) is 4. The molecule has 110 valence electrons. The molecule has 2 N–H and O–H groups in total. The van der Waals surface area contributed by atoms with Crippen molar-refractivity contribution in [2.45, 2.75) is 0 Å². The summed E-state index contributed by atoms with van der Waals surface area (Å²) in [6, 6.07) is 6.96. The van der Waals surface area contributed by atoms with E-state index in [1.165, 1.54) is 32.4 Å². The minimum Gasteiger partial charge on any atom is -0.493 e. The minimum absolute atomic E-state index is 0.0945. The van der Waals surface area contributed by atoms with E-state index in [1.54, 1.807) is 6.07 Å². The van der Waals surface area contributed by atoms with Crippen molar-refractivity contribution in [2.75, 3.05) is 20.0 Å². The second kappa shape index (κ2) is 6.13. The maximum atomic E-state index is 13.8. The van der Waals surface area contributed by atoms with Crippen LogP contribution in [0.4, 0.5) is 10.1 Å². The number of nitrogen functional groups attached to an aromatic ring is 1. The van der Waals surface area contributed by atoms with Gasteiger partial charge in [0.15, 0.2) is 17.3 Å². The monoisotopic (exact) mass is 353 g/mol. The van der Waals surface area contributed by atoms with Gasteiger partial charge in [-0.15, -0.1) is 0 Å². The van der Waals surface area contributed by atoms with E-state index in [0.29, 0.717) is 21.7 Å². The van der Waals surface area contributed by atoms with E-state index in [4.69, 9.17) is 15.2 Å². The quantitative estimate of drug-likeness (QED) is 0.675. The highest BCUT2D eigenvalue weighted by Gasteiger charge is 2.20. The molecule has 0 saturated heterocycles. The van der Waals surface area contributed by atoms with Gasteiger partial charge in [0.05, 0.1) is 19.8 Å². The van der Waals surface area contributed by atoms with Crippen LogP contribution in [0.3, 0.4) is 0 Å². The van der Waals surface area contributed by atoms with E-state index < -0.39 is 11.6 Å². The maximum Gasteiger partial charge on any atom is 0.197 e. The molecule has 0 bridgehead atoms. The third-order valence-electron chi connectivity index (χ3n) is 2.95. The van der Waals surface area contributed by atoms with Crippen molar-refractivity contribution in [3.63, 3.8) is 0 Å². The number of ketones is 1. The zero-order valence-electron chi connectivity index (χ0n) is 11.4. The molecule has 0 saturated carbocycles. The van der Waals surface area contributed by atoms with Crippen molar-refractivity contribution >= 4 is 27.4 Å². The molecule has 0 fully saturated rings. The Morgan fingerprint density at radius 3 is 2.33 bits per heavy atom. The molecule has 0 aliphatic carbocycles. The van der Waals surface area contributed by atoms with E-state index in [-0.39, 0.29) is 11.1 Å². The first-order valence-electron chi connectivity index (χ1n) is 5.99. The zero-order valence-corrected chi connectivity index (χ0v) is 13.0. The summed E-state index contributed by atoms with van der Waals surface area (Å²) >= 11 is 3.28. The van der Waals surface area contributed by atoms with Gasteiger partial charge in [0.2, 0.25) is 0 Å². The predicted molar refractivity (Wildman–Crippen MR) is 81.5 cm³/mol. The van der Waals surface area contributed by atoms with Crippen molar-refractivity contribution in [3.8, 4) is 11.5 Å². The molecule has 0 amide bonds. The minimum atomic E-state index is -0.629. The summed E-state index contributed by atoms with van der Waals surface area (Å²) in [5.74, 6) is -0.272. The number of methoxy groups -OCH3 is 2. The Morgan fingerprint density at radius 1 is 1.10 bits per heavy atom. The first-order valence-corrected chi connectivity index (χ1v) is 6.78. The lowest BCUT2D eigenvalue weighted by molar-refractivity contribution is 0.103. The number of rotatable bonds is 4. The predicted octanol–water partition coefficient (Wildman–Crippen LogP) is 3.42. The van der Waals surface area contributed by atoms with Crippen LogP contribution < -0.4 is 15.2 Å². The molecule has 0 heterocycles. The number of benzene rings is 2. The number of anilines is 1. The topological polar surface area (TPSA) is 61.5 Å². The van der Waals surface area contributed by atoms with Crippen LogP contribution in [0.25, 0.3) is 0 Å². The lowest BCUT2D eigenvalue weighted by Gasteiger charge is -2.12. The Bertz CT molecular complexity index is 704. The molecule has 2 aromatic rings. The summed E-state index contributed by atoms with van der Waals surface area (Å²) in [7, 11) is 2.95. The summed E-state index contributed by atoms with van der Waals surface area (Å²) in [4.78, 5) is 12.5. The summed E-state index contributed by atoms with van der Waals surface area (Å²) in [5.41, 5.74) is 6.09. The van der Waals surface area contributed by atoms with Crippen LogP contribution in [0.1, 0.15) is 15.9 Å². The highest BCUT2D eigenvalue weighted by Crippen LogP contribution is 2.34. The third kappa shape index (κ3) is 3.00. The molecule has 0 atom stereocenters. The molecule has 21 heavy (non-hydrogen) atoms. The molecular weight excluding hydrogens is 341 g/mol. The number of halogens is 2. The van der Waals surface area contributed by atoms with Gasteiger partial charge in [-0.05, 0) is 46.3 Å². The van der Waals surface area contributed by atoms with Crippen molar-refractivity contribution < 1.29 is 18.7 Å². The van der Waals surface area contributed by atoms with Crippen molar-refractivity contribution in [1.82, 2.24) is 0 Å². The molecule has 0 spiro atoms. The van der Waals surface area contributed by atoms with E-state index in [2.05, 4.69) is 15.9 Å². The number of hydrogen-bond donors (Lipinski definition) is 1. The van der Waals surface area contributed by atoms with Crippen LogP contribution in [0.15, 0.2) is 34.8 Å². The average molecular weight is 354 g/mol. The van der Waals surface area contributed by atoms with E-state index in [0.717, 1.165) is 6.07 Å². The molecule has 0 aromatic heterocycles. The fraction of sp³-hybridized carbons (Fsp3) is 0.133. The molecular formula is C15H13BrFNO3. The van der Waals surface area contributed by atoms with Crippen LogP contribution in [0.2, 0.25) is 0 Å². The summed E-state index contributed by atoms with van der Waals surface area (Å²) in [6.45, 7) is 0. The first-order chi connectivity index (χ1) is 9.97. The SMILES string of the molecule is COc1cc(Br)c(C(=O)c2cc(N)ccc2F)cc1OC. The second-order valence-corrected chi connectivity index (χ2v) is 5.11. The van der Waals surface area contributed by atoms with Crippen LogP contribution in [-0.2, 0) is 0 Å². The van der Waals surface area contributed by atoms with Gasteiger partial charge < -0.3 is 15.2 Å². The van der Waals surface area contributed by atoms with Crippen LogP contribution in [-0.4, -0.2) is 20.0 Å². The van der Waals surface area contributed by atoms with Gasteiger partial charge in [-0.2, -0.15) is 0 Å². The van der Waals surface area contributed by atoms with E-state index in [1.807, 2.05) is 0 Å². The Morgan fingerprint density at radius 2 is 1.71 bits per heavy atom. The molecule has 0 radical (unpaired) electrons. The molecule has 2 rings (SSSR count). The van der Waals surface area contributed by atoms with Crippen LogP contribution >= 0.6 is 15.9 Å². The Hall–Kier alpha value is -2.08. The normalized spacial score (nSPS) is 10.3. The van der Waals surface area contributed by atoms with E-state index >= 15 is 0 Å². The lowest BCUT2D eigenvalue weighted by atomic mass is 10.0. The number of carbonyl (C=O) groups is 1. The first kappa shape index (κ1) is 15.3. The number of carbonyl (C=O) groups excluding carboxylic acids is 1. The smallest absolute Gasteiger partial charge is 0.197 e. The second-order valence-electron chi connectivity index (χ2n) is 4.26. The van der Waals surface area contributed by atoms with Crippen LogP contribution in [0.5, 0.6) is 11.5 Å². The van der Waals surface area contributed by atoms with Crippen molar-refractivity contribution in [2.24, 2.45) is 0 Å². The zero-order chi connectivity index (χ0) is 15.6. The molecule has 0 aliphatic rings. The Kier molecular flexibility index (Phi) is 4.47. The summed E-state index contributed by atoms with van der Waals surface area (Å²) in [5, 5.41) is 0. The molecule has 2 aromatic carbocycles. The number of nitrogens with two attached hydrogens (primary N) is 1. The largest absolute Gasteiger partial charge is 0.493 e. The highest BCUT2D eigenvalue weighted by atomic mass is 79.9. The van der Waals surface area contributed by atoms with Crippen molar-refractivity contribution in [1.29, 1.82) is 0 Å². The van der Waals surface area contributed by atoms with Gasteiger partial charge in [0, 0.05) is 15.7 Å². The highest BCUT2D eigenvalue weighted by molar-refractivity contribution is 9.10. The molecule has 6 heteroatoms. The third-order valence-corrected chi connectivity index (χ3v) is 3.61. The Balaban J connectivity index is 2.55. The molecule has 0 aliphatic heterocycles. The van der Waals surface area contributed by atoms with E-state index in [9.17, 15) is 9.18 Å². The fourth-order valence-corrected chi connectivity index (χ4v) is 2.39. The average Bonchev–Trinajstić information content (AvgIpc) is 2.48. The summed E-state index contributed by atoms with van der Waals surface area (Å²) in [6.07, 6.45) is 0. The summed E-state index contributed by atoms with van der Waals surface area (Å²) < 4.78 is 24.6. The Labute approximate surface area is 129 Å². The van der Waals surface area contributed by atoms with Gasteiger partial charge >= 0.3 is 0 Å². The maximum absolute atomic E-state index is 13.8.